The largest absolute Gasteiger partial charge is 0.416 e. The minimum absolute atomic E-state index is 0.0394. The van der Waals surface area contributed by atoms with Crippen molar-refractivity contribution >= 4 is 28.3 Å². The van der Waals surface area contributed by atoms with Gasteiger partial charge in [0.1, 0.15) is 0 Å². The molecule has 0 spiro atoms. The Morgan fingerprint density at radius 2 is 1.70 bits per heavy atom. The predicted octanol–water partition coefficient (Wildman–Crippen LogP) is 5.75. The summed E-state index contributed by atoms with van der Waals surface area (Å²) in [6, 6.07) is 19.4. The highest BCUT2D eigenvalue weighted by atomic mass is 19.4. The molecule has 0 aliphatic heterocycles. The van der Waals surface area contributed by atoms with E-state index in [-0.39, 0.29) is 5.69 Å². The summed E-state index contributed by atoms with van der Waals surface area (Å²) < 4.78 is 40.1. The van der Waals surface area contributed by atoms with Crippen LogP contribution in [0.5, 0.6) is 0 Å². The highest BCUT2D eigenvalue weighted by Crippen LogP contribution is 2.30. The normalized spacial score (nSPS) is 11.4. The number of carbonyl (C=O) groups is 1. The number of nitrogens with one attached hydrogen (secondary N) is 2. The molecule has 0 fully saturated rings. The topological polar surface area (TPSA) is 59.0 Å². The molecule has 8 heteroatoms. The van der Waals surface area contributed by atoms with Gasteiger partial charge in [-0.05, 0) is 34.5 Å². The fourth-order valence-corrected chi connectivity index (χ4v) is 3.17. The van der Waals surface area contributed by atoms with Crippen LogP contribution in [0.15, 0.2) is 79.0 Å². The molecule has 0 aliphatic carbocycles. The van der Waals surface area contributed by atoms with Crippen LogP contribution in [0.4, 0.5) is 29.5 Å². The smallest absolute Gasteiger partial charge is 0.308 e. The van der Waals surface area contributed by atoms with Crippen molar-refractivity contribution in [2.24, 2.45) is 0 Å². The van der Waals surface area contributed by atoms with Crippen molar-refractivity contribution in [1.82, 2.24) is 9.78 Å². The first kappa shape index (κ1) is 19.5. The van der Waals surface area contributed by atoms with Crippen LogP contribution in [0.3, 0.4) is 0 Å². The van der Waals surface area contributed by atoms with Gasteiger partial charge in [-0.25, -0.2) is 4.79 Å². The summed E-state index contributed by atoms with van der Waals surface area (Å²) in [7, 11) is 0. The van der Waals surface area contributed by atoms with E-state index in [9.17, 15) is 18.0 Å². The van der Waals surface area contributed by atoms with Crippen molar-refractivity contribution in [2.75, 3.05) is 10.6 Å². The quantitative estimate of drug-likeness (QED) is 0.450. The molecule has 2 amide bonds. The number of nitrogens with zero attached hydrogens (tertiary/aromatic N) is 2. The van der Waals surface area contributed by atoms with Gasteiger partial charge in [-0.2, -0.15) is 18.3 Å². The molecule has 0 aliphatic rings. The second-order valence-electron chi connectivity index (χ2n) is 6.69. The van der Waals surface area contributed by atoms with Gasteiger partial charge in [0.2, 0.25) is 0 Å². The van der Waals surface area contributed by atoms with Crippen LogP contribution in [0.2, 0.25) is 0 Å². The first-order valence-electron chi connectivity index (χ1n) is 9.14. The van der Waals surface area contributed by atoms with E-state index < -0.39 is 17.8 Å². The lowest BCUT2D eigenvalue weighted by Crippen LogP contribution is -2.20. The van der Waals surface area contributed by atoms with Crippen LogP contribution in [-0.4, -0.2) is 15.8 Å². The lowest BCUT2D eigenvalue weighted by molar-refractivity contribution is -0.137. The number of benzene rings is 3. The molecule has 1 aromatic heterocycles. The standard InChI is InChI=1S/C22H17F3N4O/c23-22(24,25)17-8-4-9-18(13-17)26-21(30)27-20-11-12-29(28-20)14-16-7-3-6-15-5-1-2-10-19(15)16/h1-13H,14H2,(H2,26,27,28,30). The molecule has 0 bridgehead atoms. The second-order valence-corrected chi connectivity index (χ2v) is 6.69. The van der Waals surface area contributed by atoms with Crippen molar-refractivity contribution in [3.05, 3.63) is 90.1 Å². The number of alkyl halides is 3. The molecular weight excluding hydrogens is 393 g/mol. The lowest BCUT2D eigenvalue weighted by Gasteiger charge is -2.10. The van der Waals surface area contributed by atoms with Gasteiger partial charge >= 0.3 is 12.2 Å². The van der Waals surface area contributed by atoms with E-state index >= 15 is 0 Å². The van der Waals surface area contributed by atoms with Crippen LogP contribution in [0.25, 0.3) is 10.8 Å². The lowest BCUT2D eigenvalue weighted by atomic mass is 10.0. The summed E-state index contributed by atoms with van der Waals surface area (Å²) in [4.78, 5) is 12.1. The first-order valence-corrected chi connectivity index (χ1v) is 9.14. The van der Waals surface area contributed by atoms with Crippen LogP contribution in [0.1, 0.15) is 11.1 Å². The van der Waals surface area contributed by atoms with E-state index in [0.29, 0.717) is 12.4 Å². The third kappa shape index (κ3) is 4.43. The molecule has 0 radical (unpaired) electrons. The number of hydrogen-bond acceptors (Lipinski definition) is 2. The Balaban J connectivity index is 1.43. The first-order chi connectivity index (χ1) is 14.4. The Kier molecular flexibility index (Phi) is 5.14. The van der Waals surface area contributed by atoms with Crippen molar-refractivity contribution in [3.8, 4) is 0 Å². The van der Waals surface area contributed by atoms with E-state index in [1.54, 1.807) is 16.9 Å². The number of amides is 2. The average Bonchev–Trinajstić information content (AvgIpc) is 3.14. The molecule has 4 rings (SSSR count). The Morgan fingerprint density at radius 1 is 0.933 bits per heavy atom. The zero-order chi connectivity index (χ0) is 21.1. The number of rotatable bonds is 4. The highest BCUT2D eigenvalue weighted by molar-refractivity contribution is 5.99. The average molecular weight is 410 g/mol. The number of hydrogen-bond donors (Lipinski definition) is 2. The summed E-state index contributed by atoms with van der Waals surface area (Å²) in [5, 5.41) is 11.5. The van der Waals surface area contributed by atoms with Crippen LogP contribution < -0.4 is 10.6 Å². The Morgan fingerprint density at radius 3 is 2.53 bits per heavy atom. The molecule has 5 nitrogen and oxygen atoms in total. The van der Waals surface area contributed by atoms with E-state index in [1.807, 2.05) is 42.5 Å². The monoisotopic (exact) mass is 410 g/mol. The second kappa shape index (κ2) is 7.90. The number of aromatic nitrogens is 2. The van der Waals surface area contributed by atoms with Crippen molar-refractivity contribution in [3.63, 3.8) is 0 Å². The van der Waals surface area contributed by atoms with Crippen molar-refractivity contribution < 1.29 is 18.0 Å². The Labute approximate surface area is 170 Å². The highest BCUT2D eigenvalue weighted by Gasteiger charge is 2.30. The van der Waals surface area contributed by atoms with E-state index in [4.69, 9.17) is 0 Å². The Hall–Kier alpha value is -3.81. The van der Waals surface area contributed by atoms with Crippen LogP contribution in [-0.2, 0) is 12.7 Å². The molecule has 0 unspecified atom stereocenters. The minimum atomic E-state index is -4.48. The summed E-state index contributed by atoms with van der Waals surface area (Å²) in [6.07, 6.45) is -2.75. The van der Waals surface area contributed by atoms with Gasteiger partial charge in [0.15, 0.2) is 5.82 Å². The molecule has 30 heavy (non-hydrogen) atoms. The fraction of sp³-hybridized carbons (Fsp3) is 0.0909. The molecule has 152 valence electrons. The van der Waals surface area contributed by atoms with Gasteiger partial charge in [-0.15, -0.1) is 0 Å². The van der Waals surface area contributed by atoms with Gasteiger partial charge in [0, 0.05) is 18.0 Å². The predicted molar refractivity (Wildman–Crippen MR) is 109 cm³/mol. The van der Waals surface area contributed by atoms with Gasteiger partial charge in [-0.3, -0.25) is 10.00 Å². The van der Waals surface area contributed by atoms with Gasteiger partial charge in [-0.1, -0.05) is 48.5 Å². The van der Waals surface area contributed by atoms with E-state index in [0.717, 1.165) is 28.5 Å². The van der Waals surface area contributed by atoms with E-state index in [1.165, 1.54) is 12.1 Å². The molecule has 0 atom stereocenters. The molecule has 2 N–H and O–H groups in total. The van der Waals surface area contributed by atoms with Gasteiger partial charge < -0.3 is 5.32 Å². The van der Waals surface area contributed by atoms with Crippen molar-refractivity contribution in [1.29, 1.82) is 0 Å². The summed E-state index contributed by atoms with van der Waals surface area (Å²) in [6.45, 7) is 0.512. The molecule has 0 saturated carbocycles. The van der Waals surface area contributed by atoms with Gasteiger partial charge in [0.05, 0.1) is 12.1 Å². The maximum absolute atomic E-state index is 12.8. The number of urea groups is 1. The van der Waals surface area contributed by atoms with E-state index in [2.05, 4.69) is 15.7 Å². The fourth-order valence-electron chi connectivity index (χ4n) is 3.17. The van der Waals surface area contributed by atoms with Gasteiger partial charge in [0.25, 0.3) is 0 Å². The molecule has 0 saturated heterocycles. The maximum Gasteiger partial charge on any atom is 0.416 e. The third-order valence-corrected chi connectivity index (χ3v) is 4.54. The Bertz CT molecular complexity index is 1190. The van der Waals surface area contributed by atoms with Crippen LogP contribution in [0, 0.1) is 0 Å². The molecule has 3 aromatic carbocycles. The molecular formula is C22H17F3N4O. The molecule has 1 heterocycles. The SMILES string of the molecule is O=C(Nc1cccc(C(F)(F)F)c1)Nc1ccn(Cc2cccc3ccccc23)n1. The third-order valence-electron chi connectivity index (χ3n) is 4.54. The maximum atomic E-state index is 12.8. The van der Waals surface area contributed by atoms with Crippen molar-refractivity contribution in [2.45, 2.75) is 12.7 Å². The zero-order valence-corrected chi connectivity index (χ0v) is 15.6. The van der Waals surface area contributed by atoms with Crippen LogP contribution >= 0.6 is 0 Å². The summed E-state index contributed by atoms with van der Waals surface area (Å²) >= 11 is 0. The number of fused-ring (bicyclic) bond motifs is 1. The number of halogens is 3. The minimum Gasteiger partial charge on any atom is -0.308 e. The zero-order valence-electron chi connectivity index (χ0n) is 15.6. The number of carbonyl (C=O) groups excluding carboxylic acids is 1. The number of anilines is 2. The summed E-state index contributed by atoms with van der Waals surface area (Å²) in [5.41, 5.74) is 0.286. The molecule has 4 aromatic rings. The summed E-state index contributed by atoms with van der Waals surface area (Å²) in [5.74, 6) is 0.291.